The monoisotopic (exact) mass is 382 g/mol. The molecule has 0 aliphatic heterocycles. The van der Waals surface area contributed by atoms with Gasteiger partial charge in [-0.15, -0.1) is 0 Å². The maximum absolute atomic E-state index is 11.8. The first kappa shape index (κ1) is 21.5. The largest absolute Gasteiger partial charge is 0.541 e. The molecule has 0 bridgehead atoms. The predicted molar refractivity (Wildman–Crippen MR) is 74.2 cm³/mol. The zero-order valence-corrected chi connectivity index (χ0v) is 14.5. The maximum atomic E-state index is 11.8. The zero-order valence-electron chi connectivity index (χ0n) is 12.0. The summed E-state index contributed by atoms with van der Waals surface area (Å²) < 4.78 is 31.6. The van der Waals surface area contributed by atoms with E-state index in [1.54, 1.807) is 0 Å². The van der Waals surface area contributed by atoms with Gasteiger partial charge in [0.15, 0.2) is 5.40 Å². The van der Waals surface area contributed by atoms with E-state index < -0.39 is 50.4 Å². The van der Waals surface area contributed by atoms with Crippen LogP contribution in [0.4, 0.5) is 4.79 Å². The van der Waals surface area contributed by atoms with Crippen LogP contribution in [0, 0.1) is 0 Å². The van der Waals surface area contributed by atoms with Crippen molar-refractivity contribution >= 4 is 38.2 Å². The van der Waals surface area contributed by atoms with Crippen LogP contribution in [0.3, 0.4) is 0 Å². The molecule has 10 nitrogen and oxygen atoms in total. The molecular weight excluding hydrogens is 365 g/mol. The number of carbonyl (C=O) groups excluding carboxylic acids is 2. The molecule has 0 aromatic carbocycles. The van der Waals surface area contributed by atoms with Crippen LogP contribution >= 0.6 is 26.8 Å². The van der Waals surface area contributed by atoms with Gasteiger partial charge in [-0.05, 0) is 38.8 Å². The lowest BCUT2D eigenvalue weighted by atomic mass is 10.2. The highest BCUT2D eigenvalue weighted by atomic mass is 35.5. The van der Waals surface area contributed by atoms with Gasteiger partial charge < -0.3 is 19.4 Å². The van der Waals surface area contributed by atoms with E-state index in [0.717, 1.165) is 0 Å². The van der Waals surface area contributed by atoms with Crippen molar-refractivity contribution in [2.45, 2.75) is 44.6 Å². The van der Waals surface area contributed by atoms with E-state index >= 15 is 0 Å². The summed E-state index contributed by atoms with van der Waals surface area (Å²) in [5.41, 5.74) is -0.979. The molecule has 0 fully saturated rings. The van der Waals surface area contributed by atoms with Crippen molar-refractivity contribution in [2.24, 2.45) is 0 Å². The first-order valence-electron chi connectivity index (χ1n) is 5.80. The summed E-state index contributed by atoms with van der Waals surface area (Å²) in [4.78, 5) is 53.3. The molecule has 2 atom stereocenters. The SMILES string of the molecule is CC(C)(C)OC(=O)OOP(=O)(O)C(CCC(=O)Cl)P(=O)(O)O. The molecule has 0 aliphatic rings. The second-order valence-electron chi connectivity index (χ2n) is 5.15. The van der Waals surface area contributed by atoms with E-state index in [1.807, 2.05) is 0 Å². The Balaban J connectivity index is 4.91. The second kappa shape index (κ2) is 7.88. The zero-order chi connectivity index (χ0) is 17.8. The van der Waals surface area contributed by atoms with Gasteiger partial charge in [-0.3, -0.25) is 18.8 Å². The fourth-order valence-electron chi connectivity index (χ4n) is 1.16. The third-order valence-corrected chi connectivity index (χ3v) is 6.27. The standard InChI is InChI=1S/C9H17ClO10P2/c1-9(2,3)18-8(12)19-20-22(16,17)7(21(13,14)15)5-4-6(10)11/h7H,4-5H2,1-3H3,(H,16,17)(H2,13,14,15). The second-order valence-corrected chi connectivity index (χ2v) is 9.68. The fourth-order valence-corrected chi connectivity index (χ4v) is 4.10. The van der Waals surface area contributed by atoms with Gasteiger partial charge in [0.25, 0.3) is 0 Å². The Labute approximate surface area is 131 Å². The fraction of sp³-hybridized carbons (Fsp3) is 0.778. The first-order chi connectivity index (χ1) is 9.65. The van der Waals surface area contributed by atoms with E-state index in [2.05, 4.69) is 14.3 Å². The lowest BCUT2D eigenvalue weighted by molar-refractivity contribution is -0.186. The third kappa shape index (κ3) is 8.85. The lowest BCUT2D eigenvalue weighted by Gasteiger charge is -2.22. The van der Waals surface area contributed by atoms with E-state index in [1.165, 1.54) is 20.8 Å². The van der Waals surface area contributed by atoms with Gasteiger partial charge in [0.2, 0.25) is 5.24 Å². The van der Waals surface area contributed by atoms with Crippen molar-refractivity contribution in [3.05, 3.63) is 0 Å². The van der Waals surface area contributed by atoms with Crippen molar-refractivity contribution in [3.63, 3.8) is 0 Å². The number of ether oxygens (including phenoxy) is 1. The maximum Gasteiger partial charge on any atom is 0.541 e. The number of rotatable bonds is 7. The van der Waals surface area contributed by atoms with Crippen molar-refractivity contribution in [1.29, 1.82) is 0 Å². The van der Waals surface area contributed by atoms with Gasteiger partial charge in [0.05, 0.1) is 0 Å². The summed E-state index contributed by atoms with van der Waals surface area (Å²) in [6.45, 7) is 4.45. The van der Waals surface area contributed by atoms with Crippen LogP contribution < -0.4 is 0 Å². The molecule has 22 heavy (non-hydrogen) atoms. The molecule has 0 heterocycles. The molecule has 0 amide bonds. The van der Waals surface area contributed by atoms with Crippen LogP contribution in [-0.2, 0) is 28.2 Å². The normalized spacial score (nSPS) is 16.5. The average Bonchev–Trinajstić information content (AvgIpc) is 2.21. The topological polar surface area (TPSA) is 157 Å². The summed E-state index contributed by atoms with van der Waals surface area (Å²) >= 11 is 5.01. The van der Waals surface area contributed by atoms with Crippen LogP contribution in [-0.4, -0.2) is 37.1 Å². The van der Waals surface area contributed by atoms with Crippen LogP contribution in [0.1, 0.15) is 33.6 Å². The van der Waals surface area contributed by atoms with E-state index in [9.17, 15) is 23.6 Å². The Morgan fingerprint density at radius 1 is 1.18 bits per heavy atom. The Kier molecular flexibility index (Phi) is 7.71. The molecule has 0 rings (SSSR count). The molecule has 0 aromatic rings. The molecular formula is C9H17ClO10P2. The van der Waals surface area contributed by atoms with Crippen LogP contribution in [0.15, 0.2) is 0 Å². The van der Waals surface area contributed by atoms with Gasteiger partial charge in [0, 0.05) is 6.42 Å². The highest BCUT2D eigenvalue weighted by Gasteiger charge is 2.47. The summed E-state index contributed by atoms with van der Waals surface area (Å²) in [6.07, 6.45) is -2.80. The van der Waals surface area contributed by atoms with Gasteiger partial charge >= 0.3 is 21.3 Å². The third-order valence-electron chi connectivity index (χ3n) is 1.97. The summed E-state index contributed by atoms with van der Waals surface area (Å²) in [5, 5.41) is -3.24. The predicted octanol–water partition coefficient (Wildman–Crippen LogP) is 2.10. The van der Waals surface area contributed by atoms with Gasteiger partial charge in [-0.1, -0.05) is 4.67 Å². The Morgan fingerprint density at radius 2 is 1.68 bits per heavy atom. The molecule has 0 aromatic heterocycles. The van der Waals surface area contributed by atoms with Crippen LogP contribution in [0.5, 0.6) is 0 Å². The van der Waals surface area contributed by atoms with E-state index in [0.29, 0.717) is 0 Å². The molecule has 3 N–H and O–H groups in total. The minimum atomic E-state index is -5.14. The summed E-state index contributed by atoms with van der Waals surface area (Å²) in [7, 11) is -10.2. The van der Waals surface area contributed by atoms with E-state index in [-0.39, 0.29) is 0 Å². The molecule has 0 spiro atoms. The van der Waals surface area contributed by atoms with Crippen molar-refractivity contribution in [2.75, 3.05) is 0 Å². The summed E-state index contributed by atoms with van der Waals surface area (Å²) in [5.74, 6) is 0. The number of carbonyl (C=O) groups is 2. The quantitative estimate of drug-likeness (QED) is 0.196. The number of halogens is 1. The molecule has 2 unspecified atom stereocenters. The molecule has 0 radical (unpaired) electrons. The number of hydrogen-bond donors (Lipinski definition) is 3. The lowest BCUT2D eigenvalue weighted by Crippen LogP contribution is -2.25. The van der Waals surface area contributed by atoms with Crippen molar-refractivity contribution in [3.8, 4) is 0 Å². The Morgan fingerprint density at radius 3 is 2.05 bits per heavy atom. The Bertz CT molecular complexity index is 507. The van der Waals surface area contributed by atoms with Crippen LogP contribution in [0.25, 0.3) is 0 Å². The smallest absolute Gasteiger partial charge is 0.427 e. The van der Waals surface area contributed by atoms with E-state index in [4.69, 9.17) is 21.4 Å². The van der Waals surface area contributed by atoms with Crippen molar-refractivity contribution < 1.29 is 47.7 Å². The molecule has 0 saturated heterocycles. The highest BCUT2D eigenvalue weighted by Crippen LogP contribution is 2.64. The minimum Gasteiger partial charge on any atom is -0.427 e. The van der Waals surface area contributed by atoms with Crippen molar-refractivity contribution in [1.82, 2.24) is 0 Å². The molecule has 0 aliphatic carbocycles. The molecule has 13 heteroatoms. The summed E-state index contributed by atoms with van der Waals surface area (Å²) in [6, 6.07) is 0. The first-order valence-corrected chi connectivity index (χ1v) is 9.51. The average molecular weight is 383 g/mol. The minimum absolute atomic E-state index is 0.586. The molecule has 130 valence electrons. The van der Waals surface area contributed by atoms with Gasteiger partial charge in [-0.2, -0.15) is 0 Å². The highest BCUT2D eigenvalue weighted by molar-refractivity contribution is 7.71. The Hall–Kier alpha value is -0.470. The van der Waals surface area contributed by atoms with Gasteiger partial charge in [-0.25, -0.2) is 4.79 Å². The van der Waals surface area contributed by atoms with Crippen LogP contribution in [0.2, 0.25) is 0 Å². The molecule has 0 saturated carbocycles. The number of hydrogen-bond acceptors (Lipinski definition) is 7. The van der Waals surface area contributed by atoms with Gasteiger partial charge in [0.1, 0.15) is 5.60 Å².